The molecule has 0 saturated heterocycles. The van der Waals surface area contributed by atoms with E-state index in [1.165, 1.54) is 41.2 Å². The third-order valence-corrected chi connectivity index (χ3v) is 4.47. The zero-order valence-electron chi connectivity index (χ0n) is 13.8. The summed E-state index contributed by atoms with van der Waals surface area (Å²) in [5, 5.41) is 0. The Balaban J connectivity index is 2.06. The van der Waals surface area contributed by atoms with Gasteiger partial charge in [0.15, 0.2) is 0 Å². The first-order valence-electron chi connectivity index (χ1n) is 8.59. The van der Waals surface area contributed by atoms with Gasteiger partial charge in [-0.2, -0.15) is 0 Å². The summed E-state index contributed by atoms with van der Waals surface area (Å²) >= 11 is 0. The maximum Gasteiger partial charge on any atom is 0.210 e. The predicted octanol–water partition coefficient (Wildman–Crippen LogP) is 4.76. The third kappa shape index (κ3) is 3.74. The van der Waals surface area contributed by atoms with Crippen molar-refractivity contribution in [1.82, 2.24) is 0 Å². The van der Waals surface area contributed by atoms with Crippen LogP contribution >= 0.6 is 0 Å². The number of hydrogen-bond donors (Lipinski definition) is 0. The summed E-state index contributed by atoms with van der Waals surface area (Å²) in [6.45, 7) is 2.73. The van der Waals surface area contributed by atoms with E-state index in [1.54, 1.807) is 0 Å². The van der Waals surface area contributed by atoms with Crippen LogP contribution in [0.3, 0.4) is 0 Å². The minimum atomic E-state index is 0.465. The minimum absolute atomic E-state index is 0.465. The molecule has 3 aromatic carbocycles. The van der Waals surface area contributed by atoms with Crippen LogP contribution in [0.25, 0.3) is 11.1 Å². The van der Waals surface area contributed by atoms with Crippen molar-refractivity contribution in [2.24, 2.45) is 0 Å². The van der Waals surface area contributed by atoms with Crippen molar-refractivity contribution >= 4 is 17.6 Å². The Morgan fingerprint density at radius 1 is 0.696 bits per heavy atom. The Bertz CT molecular complexity index is 719. The van der Waals surface area contributed by atoms with Crippen molar-refractivity contribution < 1.29 is 0 Å². The van der Waals surface area contributed by atoms with Gasteiger partial charge in [-0.1, -0.05) is 122 Å². The van der Waals surface area contributed by atoms with E-state index >= 15 is 0 Å². The summed E-state index contributed by atoms with van der Waals surface area (Å²) in [5.74, 6) is 0. The maximum absolute atomic E-state index is 2.30. The second-order valence-corrected chi connectivity index (χ2v) is 6.06. The summed E-state index contributed by atoms with van der Waals surface area (Å²) in [5.41, 5.74) is 5.53. The van der Waals surface area contributed by atoms with Crippen LogP contribution in [0.5, 0.6) is 0 Å². The van der Waals surface area contributed by atoms with E-state index in [-0.39, 0.29) is 0 Å². The molecule has 0 nitrogen and oxygen atoms in total. The maximum atomic E-state index is 2.30. The Labute approximate surface area is 140 Å². The average molecular weight is 298 g/mol. The second kappa shape index (κ2) is 7.83. The molecule has 0 spiro atoms. The molecule has 23 heavy (non-hydrogen) atoms. The lowest BCUT2D eigenvalue weighted by Gasteiger charge is -2.18. The zero-order chi connectivity index (χ0) is 15.9. The largest absolute Gasteiger partial charge is 0.210 e. The molecule has 3 aromatic rings. The molecule has 114 valence electrons. The predicted molar refractivity (Wildman–Crippen MR) is 103 cm³/mol. The van der Waals surface area contributed by atoms with Gasteiger partial charge in [0.25, 0.3) is 0 Å². The molecule has 0 heterocycles. The fraction of sp³-hybridized carbons (Fsp3) is 0.182. The van der Waals surface area contributed by atoms with Gasteiger partial charge >= 0.3 is 0 Å². The van der Waals surface area contributed by atoms with E-state index in [1.807, 2.05) is 0 Å². The summed E-state index contributed by atoms with van der Waals surface area (Å²) in [7, 11) is 0. The van der Waals surface area contributed by atoms with Gasteiger partial charge in [0.1, 0.15) is 0 Å². The quantitative estimate of drug-likeness (QED) is 0.575. The van der Waals surface area contributed by atoms with Crippen molar-refractivity contribution in [2.45, 2.75) is 26.1 Å². The molecule has 0 aliphatic carbocycles. The van der Waals surface area contributed by atoms with Crippen LogP contribution in [0.15, 0.2) is 84.9 Å². The Kier molecular flexibility index (Phi) is 5.31. The van der Waals surface area contributed by atoms with E-state index < -0.39 is 0 Å². The van der Waals surface area contributed by atoms with Gasteiger partial charge in [-0.3, -0.25) is 0 Å². The molecule has 0 radical (unpaired) electrons. The van der Waals surface area contributed by atoms with E-state index in [2.05, 4.69) is 91.9 Å². The first kappa shape index (κ1) is 15.6. The summed E-state index contributed by atoms with van der Waals surface area (Å²) in [6.07, 6.45) is 3.68. The molecule has 0 aliphatic heterocycles. The topological polar surface area (TPSA) is 0 Å². The monoisotopic (exact) mass is 298 g/mol. The van der Waals surface area contributed by atoms with Crippen LogP contribution in [0.4, 0.5) is 0 Å². The molecule has 0 N–H and O–H groups in total. The van der Waals surface area contributed by atoms with Crippen LogP contribution < -0.4 is 10.9 Å². The standard InChI is InChI=1S/C22H23B/c1-2-3-18-23(20-14-8-5-9-15-20)22-17-11-10-16-21(22)19-12-6-4-7-13-19/h4-17H,2-3,18H2,1H3. The fourth-order valence-corrected chi connectivity index (χ4v) is 3.28. The number of benzene rings is 3. The molecule has 0 atom stereocenters. The molecule has 0 bridgehead atoms. The Morgan fingerprint density at radius 2 is 1.30 bits per heavy atom. The van der Waals surface area contributed by atoms with E-state index in [9.17, 15) is 0 Å². The smallest absolute Gasteiger partial charge is 0.0741 e. The first-order valence-corrected chi connectivity index (χ1v) is 8.59. The first-order chi connectivity index (χ1) is 11.4. The van der Waals surface area contributed by atoms with Crippen LogP contribution in [-0.4, -0.2) is 6.71 Å². The van der Waals surface area contributed by atoms with Crippen LogP contribution in [0.2, 0.25) is 6.32 Å². The third-order valence-electron chi connectivity index (χ3n) is 4.47. The summed E-state index contributed by atoms with van der Waals surface area (Å²) < 4.78 is 0. The second-order valence-electron chi connectivity index (χ2n) is 6.06. The molecule has 0 aromatic heterocycles. The molecule has 0 fully saturated rings. The van der Waals surface area contributed by atoms with Crippen molar-refractivity contribution in [3.05, 3.63) is 84.9 Å². The number of rotatable bonds is 6. The molecule has 0 amide bonds. The molecular weight excluding hydrogens is 275 g/mol. The number of unbranched alkanes of at least 4 members (excludes halogenated alkanes) is 1. The van der Waals surface area contributed by atoms with Crippen LogP contribution in [0, 0.1) is 0 Å². The fourth-order valence-electron chi connectivity index (χ4n) is 3.28. The van der Waals surface area contributed by atoms with Gasteiger partial charge in [-0.25, -0.2) is 0 Å². The normalized spacial score (nSPS) is 10.5. The lowest BCUT2D eigenvalue weighted by Crippen LogP contribution is -2.42. The van der Waals surface area contributed by atoms with Crippen LogP contribution in [-0.2, 0) is 0 Å². The van der Waals surface area contributed by atoms with Gasteiger partial charge in [0.05, 0.1) is 0 Å². The van der Waals surface area contributed by atoms with Gasteiger partial charge < -0.3 is 0 Å². The van der Waals surface area contributed by atoms with Crippen molar-refractivity contribution in [3.63, 3.8) is 0 Å². The lowest BCUT2D eigenvalue weighted by atomic mass is 9.37. The Morgan fingerprint density at radius 3 is 2.00 bits per heavy atom. The van der Waals surface area contributed by atoms with E-state index in [0.29, 0.717) is 6.71 Å². The molecule has 1 heteroatoms. The van der Waals surface area contributed by atoms with Crippen LogP contribution in [0.1, 0.15) is 19.8 Å². The van der Waals surface area contributed by atoms with Crippen molar-refractivity contribution in [3.8, 4) is 11.1 Å². The van der Waals surface area contributed by atoms with Crippen molar-refractivity contribution in [1.29, 1.82) is 0 Å². The molecule has 0 saturated carbocycles. The average Bonchev–Trinajstić information content (AvgIpc) is 2.64. The van der Waals surface area contributed by atoms with E-state index in [0.717, 1.165) is 0 Å². The van der Waals surface area contributed by atoms with E-state index in [4.69, 9.17) is 0 Å². The Hall–Kier alpha value is -2.28. The highest BCUT2D eigenvalue weighted by molar-refractivity contribution is 6.86. The van der Waals surface area contributed by atoms with Gasteiger partial charge in [-0.15, -0.1) is 0 Å². The van der Waals surface area contributed by atoms with Gasteiger partial charge in [-0.05, 0) is 11.1 Å². The van der Waals surface area contributed by atoms with Gasteiger partial charge in [0, 0.05) is 0 Å². The zero-order valence-corrected chi connectivity index (χ0v) is 13.8. The summed E-state index contributed by atoms with van der Waals surface area (Å²) in [6, 6.07) is 30.6. The highest BCUT2D eigenvalue weighted by atomic mass is 14.0. The molecular formula is C22H23B. The highest BCUT2D eigenvalue weighted by Crippen LogP contribution is 2.18. The highest BCUT2D eigenvalue weighted by Gasteiger charge is 2.21. The van der Waals surface area contributed by atoms with Gasteiger partial charge in [0.2, 0.25) is 6.71 Å². The van der Waals surface area contributed by atoms with Crippen molar-refractivity contribution in [2.75, 3.05) is 0 Å². The number of hydrogen-bond acceptors (Lipinski definition) is 0. The molecule has 0 unspecified atom stereocenters. The SMILES string of the molecule is CCCCB(c1ccccc1)c1ccccc1-c1ccccc1. The summed E-state index contributed by atoms with van der Waals surface area (Å²) in [4.78, 5) is 0. The minimum Gasteiger partial charge on any atom is -0.0741 e. The molecule has 0 aliphatic rings. The molecule has 3 rings (SSSR count). The lowest BCUT2D eigenvalue weighted by molar-refractivity contribution is 0.878.